The van der Waals surface area contributed by atoms with Gasteiger partial charge in [0.15, 0.2) is 11.6 Å². The Bertz CT molecular complexity index is 1250. The highest BCUT2D eigenvalue weighted by atomic mass is 32.2. The zero-order chi connectivity index (χ0) is 23.0. The highest BCUT2D eigenvalue weighted by molar-refractivity contribution is 7.89. The molecule has 1 amide bonds. The summed E-state index contributed by atoms with van der Waals surface area (Å²) >= 11 is 0.977. The number of nitrogens with one attached hydrogen (secondary N) is 1. The lowest BCUT2D eigenvalue weighted by Crippen LogP contribution is -2.42. The fourth-order valence-corrected chi connectivity index (χ4v) is 6.54. The molecule has 0 unspecified atom stereocenters. The summed E-state index contributed by atoms with van der Waals surface area (Å²) in [6, 6.07) is 4.13. The van der Waals surface area contributed by atoms with Crippen LogP contribution in [0.4, 0.5) is 14.8 Å². The summed E-state index contributed by atoms with van der Waals surface area (Å²) < 4.78 is 59.2. The van der Waals surface area contributed by atoms with E-state index in [0.29, 0.717) is 13.1 Å². The molecule has 12 heteroatoms. The number of carbonyl (C=O) groups excluding carboxylic acids is 1. The number of halogens is 2. The number of rotatable bonds is 5. The van der Waals surface area contributed by atoms with Crippen molar-refractivity contribution in [3.8, 4) is 11.5 Å². The van der Waals surface area contributed by atoms with E-state index in [1.807, 2.05) is 13.8 Å². The monoisotopic (exact) mass is 482 g/mol. The molecule has 2 aromatic heterocycles. The van der Waals surface area contributed by atoms with Crippen molar-refractivity contribution >= 4 is 33.3 Å². The maximum absolute atomic E-state index is 13.4. The van der Waals surface area contributed by atoms with E-state index in [1.54, 1.807) is 0 Å². The number of carbonyl (C=O) groups is 1. The maximum Gasteiger partial charge on any atom is 0.322 e. The predicted molar refractivity (Wildman–Crippen MR) is 114 cm³/mol. The standard InChI is InChI=1S/C20H20F2N4O4S2/c1-11-5-12(2)9-26(8-11)32(28,29)14-7-17(31-10-14)18(27)23-20-25-24-19(30-20)13-3-4-15(21)16(22)6-13/h3-4,6-7,10-12H,5,8-9H2,1-2H3,(H,23,25,27)/t11-,12+. The van der Waals surface area contributed by atoms with Gasteiger partial charge in [-0.05, 0) is 42.5 Å². The van der Waals surface area contributed by atoms with Gasteiger partial charge in [0.1, 0.15) is 0 Å². The third kappa shape index (κ3) is 4.57. The van der Waals surface area contributed by atoms with Crippen molar-refractivity contribution in [3.63, 3.8) is 0 Å². The van der Waals surface area contributed by atoms with E-state index >= 15 is 0 Å². The number of sulfonamides is 1. The summed E-state index contributed by atoms with van der Waals surface area (Å²) in [6.07, 6.45) is 0.972. The zero-order valence-corrected chi connectivity index (χ0v) is 18.8. The van der Waals surface area contributed by atoms with E-state index in [0.717, 1.165) is 29.9 Å². The third-order valence-electron chi connectivity index (χ3n) is 5.08. The van der Waals surface area contributed by atoms with Gasteiger partial charge in [-0.15, -0.1) is 16.4 Å². The highest BCUT2D eigenvalue weighted by Crippen LogP contribution is 2.29. The Morgan fingerprint density at radius 1 is 1.16 bits per heavy atom. The first kappa shape index (κ1) is 22.5. The third-order valence-corrected chi connectivity index (χ3v) is 7.97. The van der Waals surface area contributed by atoms with Gasteiger partial charge in [0.25, 0.3) is 5.91 Å². The van der Waals surface area contributed by atoms with Crippen molar-refractivity contribution in [3.05, 3.63) is 46.2 Å². The largest absolute Gasteiger partial charge is 0.403 e. The second-order valence-corrected chi connectivity index (χ2v) is 10.8. The minimum Gasteiger partial charge on any atom is -0.403 e. The first-order valence-corrected chi connectivity index (χ1v) is 12.1. The quantitative estimate of drug-likeness (QED) is 0.589. The predicted octanol–water partition coefficient (Wildman–Crippen LogP) is 4.00. The molecule has 0 spiro atoms. The van der Waals surface area contributed by atoms with E-state index in [2.05, 4.69) is 15.5 Å². The summed E-state index contributed by atoms with van der Waals surface area (Å²) in [4.78, 5) is 12.7. The summed E-state index contributed by atoms with van der Waals surface area (Å²) in [5, 5.41) is 11.2. The number of aromatic nitrogens is 2. The molecule has 1 aliphatic rings. The van der Waals surface area contributed by atoms with Gasteiger partial charge in [-0.25, -0.2) is 17.2 Å². The van der Waals surface area contributed by atoms with Crippen LogP contribution in [-0.2, 0) is 10.0 Å². The molecule has 4 rings (SSSR count). The fourth-order valence-electron chi connectivity index (χ4n) is 3.70. The number of nitrogens with zero attached hydrogens (tertiary/aromatic N) is 3. The Labute approximate surface area is 187 Å². The number of hydrogen-bond acceptors (Lipinski definition) is 7. The van der Waals surface area contributed by atoms with Crippen LogP contribution in [0, 0.1) is 23.5 Å². The molecule has 1 aliphatic heterocycles. The second kappa shape index (κ2) is 8.68. The Hall–Kier alpha value is -2.70. The van der Waals surface area contributed by atoms with Gasteiger partial charge in [0.05, 0.1) is 9.77 Å². The van der Waals surface area contributed by atoms with Crippen LogP contribution in [0.15, 0.2) is 39.0 Å². The minimum absolute atomic E-state index is 0.0574. The normalized spacial score (nSPS) is 19.8. The first-order chi connectivity index (χ1) is 15.1. The van der Waals surface area contributed by atoms with Crippen molar-refractivity contribution in [2.24, 2.45) is 11.8 Å². The molecule has 1 saturated heterocycles. The molecule has 1 N–H and O–H groups in total. The van der Waals surface area contributed by atoms with E-state index in [9.17, 15) is 22.0 Å². The average Bonchev–Trinajstić information content (AvgIpc) is 3.39. The van der Waals surface area contributed by atoms with Crippen LogP contribution < -0.4 is 5.32 Å². The lowest BCUT2D eigenvalue weighted by Gasteiger charge is -2.33. The van der Waals surface area contributed by atoms with Crippen molar-refractivity contribution in [2.45, 2.75) is 25.2 Å². The number of benzene rings is 1. The number of amides is 1. The highest BCUT2D eigenvalue weighted by Gasteiger charge is 2.32. The SMILES string of the molecule is C[C@@H]1C[C@H](C)CN(S(=O)(=O)c2csc(C(=O)Nc3nnc(-c4ccc(F)c(F)c4)o3)c2)C1. The smallest absolute Gasteiger partial charge is 0.322 e. The van der Waals surface area contributed by atoms with Gasteiger partial charge >= 0.3 is 6.01 Å². The van der Waals surface area contributed by atoms with Crippen molar-refractivity contribution in [1.29, 1.82) is 0 Å². The number of thiophene rings is 1. The summed E-state index contributed by atoms with van der Waals surface area (Å²) in [5.74, 6) is -2.30. The summed E-state index contributed by atoms with van der Waals surface area (Å²) in [6.45, 7) is 4.92. The number of piperidine rings is 1. The molecule has 0 radical (unpaired) electrons. The Kier molecular flexibility index (Phi) is 6.10. The Morgan fingerprint density at radius 2 is 1.88 bits per heavy atom. The van der Waals surface area contributed by atoms with Gasteiger partial charge in [0.2, 0.25) is 15.9 Å². The van der Waals surface area contributed by atoms with Crippen LogP contribution in [0.25, 0.3) is 11.5 Å². The number of anilines is 1. The summed E-state index contributed by atoms with van der Waals surface area (Å²) in [7, 11) is -3.71. The molecule has 0 bridgehead atoms. The lowest BCUT2D eigenvalue weighted by molar-refractivity contribution is 0.102. The van der Waals surface area contributed by atoms with Gasteiger partial charge in [-0.3, -0.25) is 10.1 Å². The molecule has 3 heterocycles. The molecule has 170 valence electrons. The van der Waals surface area contributed by atoms with Gasteiger partial charge in [-0.1, -0.05) is 18.9 Å². The minimum atomic E-state index is -3.71. The van der Waals surface area contributed by atoms with Crippen LogP contribution in [0.3, 0.4) is 0 Å². The van der Waals surface area contributed by atoms with E-state index in [1.165, 1.54) is 21.8 Å². The van der Waals surface area contributed by atoms with E-state index < -0.39 is 27.6 Å². The molecular formula is C20H20F2N4O4S2. The topological polar surface area (TPSA) is 105 Å². The van der Waals surface area contributed by atoms with Gasteiger partial charge in [0, 0.05) is 24.0 Å². The van der Waals surface area contributed by atoms with Crippen molar-refractivity contribution in [2.75, 3.05) is 18.4 Å². The van der Waals surface area contributed by atoms with E-state index in [4.69, 9.17) is 4.42 Å². The zero-order valence-electron chi connectivity index (χ0n) is 17.2. The number of hydrogen-bond donors (Lipinski definition) is 1. The molecule has 32 heavy (non-hydrogen) atoms. The van der Waals surface area contributed by atoms with Crippen LogP contribution in [0.5, 0.6) is 0 Å². The van der Waals surface area contributed by atoms with E-state index in [-0.39, 0.29) is 39.1 Å². The molecule has 1 fully saturated rings. The molecule has 0 saturated carbocycles. The van der Waals surface area contributed by atoms with Gasteiger partial charge < -0.3 is 4.42 Å². The average molecular weight is 483 g/mol. The van der Waals surface area contributed by atoms with Crippen molar-refractivity contribution in [1.82, 2.24) is 14.5 Å². The van der Waals surface area contributed by atoms with Crippen LogP contribution >= 0.6 is 11.3 Å². The summed E-state index contributed by atoms with van der Waals surface area (Å²) in [5.41, 5.74) is 0.145. The Morgan fingerprint density at radius 3 is 2.56 bits per heavy atom. The van der Waals surface area contributed by atoms with Crippen LogP contribution in [0.1, 0.15) is 29.9 Å². The molecule has 2 atom stereocenters. The second-order valence-electron chi connectivity index (χ2n) is 7.91. The van der Waals surface area contributed by atoms with Gasteiger partial charge in [-0.2, -0.15) is 4.31 Å². The lowest BCUT2D eigenvalue weighted by atomic mass is 9.94. The van der Waals surface area contributed by atoms with Crippen LogP contribution in [0.2, 0.25) is 0 Å². The first-order valence-electron chi connectivity index (χ1n) is 9.82. The van der Waals surface area contributed by atoms with Crippen molar-refractivity contribution < 1.29 is 26.4 Å². The maximum atomic E-state index is 13.4. The molecule has 8 nitrogen and oxygen atoms in total. The molecular weight excluding hydrogens is 462 g/mol. The molecule has 3 aromatic rings. The fraction of sp³-hybridized carbons (Fsp3) is 0.350. The molecule has 1 aromatic carbocycles. The Balaban J connectivity index is 1.47. The van der Waals surface area contributed by atoms with Crippen LogP contribution in [-0.4, -0.2) is 41.9 Å². The molecule has 0 aliphatic carbocycles.